The van der Waals surface area contributed by atoms with Crippen molar-refractivity contribution in [1.82, 2.24) is 5.32 Å². The second-order valence-electron chi connectivity index (χ2n) is 11.0. The largest absolute Gasteiger partial charge is 0.461 e. The van der Waals surface area contributed by atoms with Crippen LogP contribution in [0, 0.1) is 11.3 Å². The molecule has 0 radical (unpaired) electrons. The Labute approximate surface area is 229 Å². The predicted molar refractivity (Wildman–Crippen MR) is 145 cm³/mol. The highest BCUT2D eigenvalue weighted by Crippen LogP contribution is 2.42. The summed E-state index contributed by atoms with van der Waals surface area (Å²) in [5.74, 6) is -1.64. The summed E-state index contributed by atoms with van der Waals surface area (Å²) in [6.07, 6.45) is 11.3. The third-order valence-electron chi connectivity index (χ3n) is 6.71. The number of amides is 1. The first-order valence-electron chi connectivity index (χ1n) is 12.9. The first-order valence-corrected chi connectivity index (χ1v) is 13.7. The summed E-state index contributed by atoms with van der Waals surface area (Å²) in [6.45, 7) is 5.72. The van der Waals surface area contributed by atoms with Crippen molar-refractivity contribution in [3.63, 3.8) is 0 Å². The molecule has 1 aromatic rings. The molecular weight excluding hydrogens is 513 g/mol. The van der Waals surface area contributed by atoms with Gasteiger partial charge in [0.05, 0.1) is 27.8 Å². The minimum atomic E-state index is -0.823. The molecule has 1 saturated carbocycles. The van der Waals surface area contributed by atoms with Gasteiger partial charge in [-0.05, 0) is 76.1 Å². The number of hydrogen-bond donors (Lipinski definition) is 1. The van der Waals surface area contributed by atoms with E-state index in [0.29, 0.717) is 29.3 Å². The Bertz CT molecular complexity index is 1050. The molecule has 1 unspecified atom stereocenters. The Kier molecular flexibility index (Phi) is 10.3. The number of allylic oxidation sites excluding steroid dienone is 2. The fraction of sp³-hybridized carbons (Fsp3) is 0.552. The molecule has 2 aliphatic rings. The van der Waals surface area contributed by atoms with E-state index in [1.54, 1.807) is 39.0 Å². The number of rotatable bonds is 10. The highest BCUT2D eigenvalue weighted by molar-refractivity contribution is 6.42. The lowest BCUT2D eigenvalue weighted by molar-refractivity contribution is -0.160. The van der Waals surface area contributed by atoms with Gasteiger partial charge in [0.1, 0.15) is 12.2 Å². The van der Waals surface area contributed by atoms with Gasteiger partial charge in [0.15, 0.2) is 0 Å². The fourth-order valence-electron chi connectivity index (χ4n) is 4.78. The van der Waals surface area contributed by atoms with Crippen LogP contribution in [0.2, 0.25) is 10.0 Å². The van der Waals surface area contributed by atoms with E-state index >= 15 is 0 Å². The summed E-state index contributed by atoms with van der Waals surface area (Å²) in [5.41, 5.74) is 0.295. The van der Waals surface area contributed by atoms with E-state index in [2.05, 4.69) is 17.5 Å². The molecule has 1 atom stereocenters. The molecule has 0 saturated heterocycles. The van der Waals surface area contributed by atoms with Crippen LogP contribution < -0.4 is 5.32 Å². The van der Waals surface area contributed by atoms with E-state index in [1.807, 2.05) is 6.08 Å². The number of carbonyl (C=O) groups is 3. The molecule has 6 nitrogen and oxygen atoms in total. The normalized spacial score (nSPS) is 17.6. The number of hydrogen-bond acceptors (Lipinski definition) is 5. The summed E-state index contributed by atoms with van der Waals surface area (Å²) in [5, 5.41) is 3.79. The Morgan fingerprint density at radius 2 is 1.81 bits per heavy atom. The standard InChI is InChI=1S/C29H37Cl2NO5/c1-28(2,3)37-26(34)22(15-21-11-12-23(30)24(31)16-21)18-32-27(35)29(13-7-8-14-29)17-25(33)36-19-20-9-5-4-6-10-20/h5,9-12,16,22H,4,6-8,13-15,17-19H2,1-3H3,(H,32,35). The zero-order chi connectivity index (χ0) is 27.1. The summed E-state index contributed by atoms with van der Waals surface area (Å²) < 4.78 is 11.1. The molecule has 3 rings (SSSR count). The van der Waals surface area contributed by atoms with Crippen molar-refractivity contribution < 1.29 is 23.9 Å². The number of benzene rings is 1. The smallest absolute Gasteiger partial charge is 0.311 e. The third kappa shape index (κ3) is 8.89. The maximum atomic E-state index is 13.4. The average molecular weight is 551 g/mol. The predicted octanol–water partition coefficient (Wildman–Crippen LogP) is 6.38. The monoisotopic (exact) mass is 549 g/mol. The minimum absolute atomic E-state index is 0.0275. The molecule has 1 aromatic carbocycles. The maximum Gasteiger partial charge on any atom is 0.311 e. The average Bonchev–Trinajstić information content (AvgIpc) is 3.31. The van der Waals surface area contributed by atoms with E-state index < -0.39 is 22.9 Å². The second kappa shape index (κ2) is 13.0. The molecule has 37 heavy (non-hydrogen) atoms. The van der Waals surface area contributed by atoms with Gasteiger partial charge < -0.3 is 14.8 Å². The van der Waals surface area contributed by atoms with Crippen molar-refractivity contribution in [2.45, 2.75) is 77.7 Å². The van der Waals surface area contributed by atoms with Crippen molar-refractivity contribution >= 4 is 41.0 Å². The topological polar surface area (TPSA) is 81.7 Å². The van der Waals surface area contributed by atoms with Gasteiger partial charge >= 0.3 is 11.9 Å². The Hall–Kier alpha value is -2.31. The molecule has 0 heterocycles. The van der Waals surface area contributed by atoms with E-state index in [9.17, 15) is 14.4 Å². The van der Waals surface area contributed by atoms with E-state index in [4.69, 9.17) is 32.7 Å². The summed E-state index contributed by atoms with van der Waals surface area (Å²) in [7, 11) is 0. The van der Waals surface area contributed by atoms with Crippen LogP contribution in [-0.4, -0.2) is 36.6 Å². The zero-order valence-electron chi connectivity index (χ0n) is 21.9. The molecular formula is C29H37Cl2NO5. The maximum absolute atomic E-state index is 13.4. The van der Waals surface area contributed by atoms with E-state index in [0.717, 1.165) is 36.8 Å². The van der Waals surface area contributed by atoms with Gasteiger partial charge in [0.2, 0.25) is 5.91 Å². The molecule has 0 aromatic heterocycles. The lowest BCUT2D eigenvalue weighted by Gasteiger charge is -2.29. The first kappa shape index (κ1) is 29.2. The van der Waals surface area contributed by atoms with Crippen molar-refractivity contribution in [1.29, 1.82) is 0 Å². The summed E-state index contributed by atoms with van der Waals surface area (Å²) in [4.78, 5) is 39.2. The van der Waals surface area contributed by atoms with Crippen LogP contribution in [0.1, 0.15) is 71.3 Å². The van der Waals surface area contributed by atoms with Crippen LogP contribution in [0.15, 0.2) is 42.0 Å². The van der Waals surface area contributed by atoms with Crippen LogP contribution in [-0.2, 0) is 30.3 Å². The van der Waals surface area contributed by atoms with Crippen molar-refractivity contribution in [3.05, 3.63) is 57.6 Å². The van der Waals surface area contributed by atoms with Gasteiger partial charge in [-0.2, -0.15) is 0 Å². The van der Waals surface area contributed by atoms with Gasteiger partial charge in [-0.15, -0.1) is 0 Å². The Balaban J connectivity index is 1.66. The van der Waals surface area contributed by atoms with Gasteiger partial charge in [-0.25, -0.2) is 0 Å². The summed E-state index contributed by atoms with van der Waals surface area (Å²) >= 11 is 12.2. The molecule has 2 aliphatic carbocycles. The Morgan fingerprint density at radius 1 is 1.08 bits per heavy atom. The van der Waals surface area contributed by atoms with Crippen LogP contribution in [0.5, 0.6) is 0 Å². The summed E-state index contributed by atoms with van der Waals surface area (Å²) in [6, 6.07) is 5.20. The van der Waals surface area contributed by atoms with E-state index in [1.165, 1.54) is 0 Å². The quantitative estimate of drug-likeness (QED) is 0.342. The van der Waals surface area contributed by atoms with Crippen molar-refractivity contribution in [2.75, 3.05) is 13.2 Å². The van der Waals surface area contributed by atoms with E-state index in [-0.39, 0.29) is 31.4 Å². The molecule has 202 valence electrons. The molecule has 0 bridgehead atoms. The first-order chi connectivity index (χ1) is 17.5. The Morgan fingerprint density at radius 3 is 2.43 bits per heavy atom. The fourth-order valence-corrected chi connectivity index (χ4v) is 5.10. The zero-order valence-corrected chi connectivity index (χ0v) is 23.4. The highest BCUT2D eigenvalue weighted by atomic mass is 35.5. The molecule has 8 heteroatoms. The lowest BCUT2D eigenvalue weighted by Crippen LogP contribution is -2.45. The third-order valence-corrected chi connectivity index (χ3v) is 7.45. The number of esters is 2. The van der Waals surface area contributed by atoms with Crippen molar-refractivity contribution in [3.8, 4) is 0 Å². The van der Waals surface area contributed by atoms with Crippen LogP contribution in [0.4, 0.5) is 0 Å². The van der Waals surface area contributed by atoms with Gasteiger partial charge in [0.25, 0.3) is 0 Å². The van der Waals surface area contributed by atoms with Crippen LogP contribution in [0.25, 0.3) is 0 Å². The lowest BCUT2D eigenvalue weighted by atomic mass is 9.81. The molecule has 0 spiro atoms. The van der Waals surface area contributed by atoms with Gasteiger partial charge in [0, 0.05) is 6.54 Å². The molecule has 1 amide bonds. The SMILES string of the molecule is CC(C)(C)OC(=O)C(CNC(=O)C1(CC(=O)OCC2=CCCC=C2)CCCC1)Cc1ccc(Cl)c(Cl)c1. The number of carbonyl (C=O) groups excluding carboxylic acids is 3. The molecule has 1 fully saturated rings. The van der Waals surface area contributed by atoms with Crippen LogP contribution >= 0.6 is 23.2 Å². The highest BCUT2D eigenvalue weighted by Gasteiger charge is 2.43. The number of nitrogens with one attached hydrogen (secondary N) is 1. The molecule has 0 aliphatic heterocycles. The molecule has 1 N–H and O–H groups in total. The van der Waals surface area contributed by atoms with Crippen LogP contribution in [0.3, 0.4) is 0 Å². The second-order valence-corrected chi connectivity index (χ2v) is 11.8. The van der Waals surface area contributed by atoms with Crippen molar-refractivity contribution in [2.24, 2.45) is 11.3 Å². The minimum Gasteiger partial charge on any atom is -0.461 e. The van der Waals surface area contributed by atoms with Gasteiger partial charge in [-0.1, -0.05) is 60.3 Å². The van der Waals surface area contributed by atoms with Gasteiger partial charge in [-0.3, -0.25) is 14.4 Å². The number of halogens is 2. The number of ether oxygens (including phenoxy) is 2.